The molecule has 0 spiro atoms. The molecule has 0 aromatic carbocycles. The molecule has 1 aromatic rings. The Morgan fingerprint density at radius 3 is 3.08 bits per heavy atom. The zero-order valence-electron chi connectivity index (χ0n) is 6.83. The van der Waals surface area contributed by atoms with Gasteiger partial charge in [0.15, 0.2) is 0 Å². The van der Waals surface area contributed by atoms with Crippen LogP contribution < -0.4 is 11.1 Å². The van der Waals surface area contributed by atoms with Gasteiger partial charge in [-0.1, -0.05) is 0 Å². The third kappa shape index (κ3) is 1.84. The molecule has 0 aliphatic heterocycles. The van der Waals surface area contributed by atoms with Crippen LogP contribution in [0.25, 0.3) is 0 Å². The van der Waals surface area contributed by atoms with Crippen LogP contribution in [0.5, 0.6) is 0 Å². The molecule has 2 rings (SSSR count). The van der Waals surface area contributed by atoms with Gasteiger partial charge in [0, 0.05) is 12.7 Å². The van der Waals surface area contributed by atoms with Crippen molar-refractivity contribution < 1.29 is 0 Å². The smallest absolute Gasteiger partial charge is 0.224 e. The molecule has 0 saturated heterocycles. The highest BCUT2D eigenvalue weighted by Gasteiger charge is 2.20. The second-order valence-corrected chi connectivity index (χ2v) is 3.13. The van der Waals surface area contributed by atoms with Gasteiger partial charge in [-0.05, 0) is 24.8 Å². The van der Waals surface area contributed by atoms with E-state index in [1.807, 2.05) is 0 Å². The molecule has 0 atom stereocenters. The fraction of sp³-hybridized carbons (Fsp3) is 0.500. The molecule has 0 bridgehead atoms. The molecule has 4 nitrogen and oxygen atoms in total. The number of nitrogens with two attached hydrogens (primary N) is 1. The number of hydrogen-bond donors (Lipinski definition) is 2. The van der Waals surface area contributed by atoms with Gasteiger partial charge in [-0.3, -0.25) is 0 Å². The van der Waals surface area contributed by atoms with Crippen molar-refractivity contribution in [1.29, 1.82) is 0 Å². The molecule has 4 heteroatoms. The molecule has 1 fully saturated rings. The number of rotatable bonds is 3. The van der Waals surface area contributed by atoms with Crippen molar-refractivity contribution in [2.24, 2.45) is 5.92 Å². The molecule has 0 radical (unpaired) electrons. The molecule has 0 amide bonds. The minimum atomic E-state index is 0.517. The van der Waals surface area contributed by atoms with E-state index in [1.165, 1.54) is 12.8 Å². The van der Waals surface area contributed by atoms with E-state index < -0.39 is 0 Å². The standard InChI is InChI=1S/C8H12N4/c9-7-3-4-10-8(12-7)11-5-6-1-2-6/h3-4,6H,1-2,5H2,(H3,9,10,11,12). The molecular formula is C8H12N4. The molecule has 0 unspecified atom stereocenters. The number of nitrogen functional groups attached to an aromatic ring is 1. The Morgan fingerprint density at radius 2 is 2.42 bits per heavy atom. The quantitative estimate of drug-likeness (QED) is 0.696. The summed E-state index contributed by atoms with van der Waals surface area (Å²) in [6, 6.07) is 1.68. The minimum Gasteiger partial charge on any atom is -0.384 e. The first-order valence-electron chi connectivity index (χ1n) is 4.17. The highest BCUT2D eigenvalue weighted by molar-refractivity contribution is 5.34. The molecule has 3 N–H and O–H groups in total. The fourth-order valence-corrected chi connectivity index (χ4v) is 1.02. The second kappa shape index (κ2) is 2.97. The highest BCUT2D eigenvalue weighted by Crippen LogP contribution is 2.28. The molecule has 1 saturated carbocycles. The van der Waals surface area contributed by atoms with Gasteiger partial charge in [-0.25, -0.2) is 4.98 Å². The van der Waals surface area contributed by atoms with Crippen LogP contribution in [0.2, 0.25) is 0 Å². The molecule has 1 heterocycles. The monoisotopic (exact) mass is 164 g/mol. The summed E-state index contributed by atoms with van der Waals surface area (Å²) in [6.07, 6.45) is 4.32. The van der Waals surface area contributed by atoms with Gasteiger partial charge in [0.25, 0.3) is 0 Å². The van der Waals surface area contributed by atoms with Gasteiger partial charge in [0.05, 0.1) is 0 Å². The largest absolute Gasteiger partial charge is 0.384 e. The maximum Gasteiger partial charge on any atom is 0.224 e. The first kappa shape index (κ1) is 7.34. The van der Waals surface area contributed by atoms with Crippen molar-refractivity contribution in [2.75, 3.05) is 17.6 Å². The zero-order valence-corrected chi connectivity index (χ0v) is 6.83. The van der Waals surface area contributed by atoms with Gasteiger partial charge in [-0.15, -0.1) is 0 Å². The van der Waals surface area contributed by atoms with E-state index in [1.54, 1.807) is 12.3 Å². The summed E-state index contributed by atoms with van der Waals surface area (Å²) < 4.78 is 0. The van der Waals surface area contributed by atoms with Crippen LogP contribution in [0.15, 0.2) is 12.3 Å². The normalized spacial score (nSPS) is 16.0. The van der Waals surface area contributed by atoms with Crippen molar-refractivity contribution in [3.63, 3.8) is 0 Å². The Bertz CT molecular complexity index is 270. The summed E-state index contributed by atoms with van der Waals surface area (Å²) >= 11 is 0. The maximum atomic E-state index is 5.49. The van der Waals surface area contributed by atoms with Crippen LogP contribution in [0, 0.1) is 5.92 Å². The van der Waals surface area contributed by atoms with E-state index in [4.69, 9.17) is 5.73 Å². The molecule has 1 aromatic heterocycles. The third-order valence-corrected chi connectivity index (χ3v) is 1.92. The van der Waals surface area contributed by atoms with Crippen molar-refractivity contribution >= 4 is 11.8 Å². The fourth-order valence-electron chi connectivity index (χ4n) is 1.02. The van der Waals surface area contributed by atoms with Crippen LogP contribution >= 0.6 is 0 Å². The molecular weight excluding hydrogens is 152 g/mol. The van der Waals surface area contributed by atoms with Crippen molar-refractivity contribution in [3.05, 3.63) is 12.3 Å². The van der Waals surface area contributed by atoms with E-state index in [0.717, 1.165) is 12.5 Å². The summed E-state index contributed by atoms with van der Waals surface area (Å²) in [5, 5.41) is 3.15. The van der Waals surface area contributed by atoms with Gasteiger partial charge < -0.3 is 11.1 Å². The average molecular weight is 164 g/mol. The lowest BCUT2D eigenvalue weighted by atomic mass is 10.4. The minimum absolute atomic E-state index is 0.517. The topological polar surface area (TPSA) is 63.8 Å². The van der Waals surface area contributed by atoms with E-state index in [-0.39, 0.29) is 0 Å². The number of nitrogens with one attached hydrogen (secondary N) is 1. The Balaban J connectivity index is 1.92. The van der Waals surface area contributed by atoms with Gasteiger partial charge in [0.1, 0.15) is 5.82 Å². The first-order chi connectivity index (χ1) is 5.84. The summed E-state index contributed by atoms with van der Waals surface area (Å²) in [5.74, 6) is 1.99. The Kier molecular flexibility index (Phi) is 1.81. The predicted molar refractivity (Wildman–Crippen MR) is 47.7 cm³/mol. The van der Waals surface area contributed by atoms with E-state index >= 15 is 0 Å². The van der Waals surface area contributed by atoms with Crippen LogP contribution in [0.4, 0.5) is 11.8 Å². The highest BCUT2D eigenvalue weighted by atomic mass is 15.1. The van der Waals surface area contributed by atoms with E-state index in [0.29, 0.717) is 11.8 Å². The number of aromatic nitrogens is 2. The number of hydrogen-bond acceptors (Lipinski definition) is 4. The molecule has 1 aliphatic rings. The number of nitrogens with zero attached hydrogens (tertiary/aromatic N) is 2. The number of anilines is 2. The van der Waals surface area contributed by atoms with Crippen molar-refractivity contribution in [3.8, 4) is 0 Å². The second-order valence-electron chi connectivity index (χ2n) is 3.13. The summed E-state index contributed by atoms with van der Waals surface area (Å²) in [6.45, 7) is 0.976. The van der Waals surface area contributed by atoms with E-state index in [9.17, 15) is 0 Å². The van der Waals surface area contributed by atoms with Crippen molar-refractivity contribution in [2.45, 2.75) is 12.8 Å². The van der Waals surface area contributed by atoms with Crippen LogP contribution in [-0.2, 0) is 0 Å². The van der Waals surface area contributed by atoms with Crippen LogP contribution in [0.3, 0.4) is 0 Å². The summed E-state index contributed by atoms with van der Waals surface area (Å²) in [7, 11) is 0. The Hall–Kier alpha value is -1.32. The predicted octanol–water partition coefficient (Wildman–Crippen LogP) is 0.881. The van der Waals surface area contributed by atoms with Crippen molar-refractivity contribution in [1.82, 2.24) is 9.97 Å². The van der Waals surface area contributed by atoms with Crippen LogP contribution in [0.1, 0.15) is 12.8 Å². The Labute approximate surface area is 71.2 Å². The summed E-state index contributed by atoms with van der Waals surface area (Å²) in [5.41, 5.74) is 5.49. The lowest BCUT2D eigenvalue weighted by Gasteiger charge is -2.02. The molecule has 64 valence electrons. The molecule has 12 heavy (non-hydrogen) atoms. The summed E-state index contributed by atoms with van der Waals surface area (Å²) in [4.78, 5) is 8.07. The molecule has 1 aliphatic carbocycles. The van der Waals surface area contributed by atoms with Gasteiger partial charge in [0.2, 0.25) is 5.95 Å². The third-order valence-electron chi connectivity index (χ3n) is 1.92. The SMILES string of the molecule is Nc1ccnc(NCC2CC2)n1. The van der Waals surface area contributed by atoms with E-state index in [2.05, 4.69) is 15.3 Å². The zero-order chi connectivity index (χ0) is 8.39. The first-order valence-corrected chi connectivity index (χ1v) is 4.17. The van der Waals surface area contributed by atoms with Crippen LogP contribution in [-0.4, -0.2) is 16.5 Å². The van der Waals surface area contributed by atoms with Gasteiger partial charge >= 0.3 is 0 Å². The lowest BCUT2D eigenvalue weighted by Crippen LogP contribution is -2.07. The lowest BCUT2D eigenvalue weighted by molar-refractivity contribution is 0.874. The average Bonchev–Trinajstić information content (AvgIpc) is 2.84. The Morgan fingerprint density at radius 1 is 1.58 bits per heavy atom. The maximum absolute atomic E-state index is 5.49. The van der Waals surface area contributed by atoms with Gasteiger partial charge in [-0.2, -0.15) is 4.98 Å².